The molecule has 1 fully saturated rings. The summed E-state index contributed by atoms with van der Waals surface area (Å²) < 4.78 is 11.2. The summed E-state index contributed by atoms with van der Waals surface area (Å²) in [7, 11) is 2.04. The lowest BCUT2D eigenvalue weighted by molar-refractivity contribution is 0.193. The summed E-state index contributed by atoms with van der Waals surface area (Å²) in [6, 6.07) is 9.53. The first kappa shape index (κ1) is 17.0. The molecule has 0 saturated carbocycles. The highest BCUT2D eigenvalue weighted by Gasteiger charge is 2.19. The fourth-order valence-corrected chi connectivity index (χ4v) is 2.90. The lowest BCUT2D eigenvalue weighted by Gasteiger charge is -2.19. The van der Waals surface area contributed by atoms with E-state index >= 15 is 0 Å². The van der Waals surface area contributed by atoms with Gasteiger partial charge in [0.25, 0.3) is 0 Å². The third-order valence-corrected chi connectivity index (χ3v) is 4.35. The Morgan fingerprint density at radius 1 is 1.33 bits per heavy atom. The van der Waals surface area contributed by atoms with Crippen LogP contribution in [0.25, 0.3) is 0 Å². The van der Waals surface area contributed by atoms with Gasteiger partial charge in [0.1, 0.15) is 17.9 Å². The molecule has 2 aromatic rings. The quantitative estimate of drug-likeness (QED) is 0.717. The van der Waals surface area contributed by atoms with Gasteiger partial charge in [0, 0.05) is 37.2 Å². The van der Waals surface area contributed by atoms with E-state index in [0.717, 1.165) is 49.9 Å². The van der Waals surface area contributed by atoms with Crippen molar-refractivity contribution in [3.63, 3.8) is 0 Å². The summed E-state index contributed by atoms with van der Waals surface area (Å²) in [5.74, 6) is 2.14. The Morgan fingerprint density at radius 2 is 2.25 bits per heavy atom. The Labute approximate surface area is 147 Å². The maximum atomic E-state index is 5.95. The van der Waals surface area contributed by atoms with Gasteiger partial charge in [-0.3, -0.25) is 0 Å². The van der Waals surface area contributed by atoms with Gasteiger partial charge in [-0.1, -0.05) is 17.7 Å². The standard InChI is InChI=1S/C18H22ClN3O2/c1-22(7-3-8-24-16-5-2-4-15(19)10-16)18-11-17(20-13-21-18)14-6-9-23-12-14/h2,4-5,10-11,13-14H,3,6-9,12H2,1H3/t14-/m0/s1. The first-order valence-electron chi connectivity index (χ1n) is 8.21. The molecule has 5 nitrogen and oxygen atoms in total. The smallest absolute Gasteiger partial charge is 0.131 e. The van der Waals surface area contributed by atoms with E-state index in [1.165, 1.54) is 0 Å². The van der Waals surface area contributed by atoms with Crippen molar-refractivity contribution in [2.24, 2.45) is 0 Å². The molecule has 0 aliphatic carbocycles. The molecule has 0 spiro atoms. The minimum absolute atomic E-state index is 0.395. The van der Waals surface area contributed by atoms with Crippen LogP contribution in [-0.2, 0) is 4.74 Å². The predicted octanol–water partition coefficient (Wildman–Crippen LogP) is 3.54. The van der Waals surface area contributed by atoms with Crippen molar-refractivity contribution in [1.82, 2.24) is 9.97 Å². The Kier molecular flexibility index (Phi) is 5.88. The number of nitrogens with zero attached hydrogens (tertiary/aromatic N) is 3. The van der Waals surface area contributed by atoms with Gasteiger partial charge in [-0.05, 0) is 31.0 Å². The van der Waals surface area contributed by atoms with Crippen molar-refractivity contribution in [3.05, 3.63) is 47.4 Å². The molecular weight excluding hydrogens is 326 g/mol. The van der Waals surface area contributed by atoms with Crippen LogP contribution in [0.1, 0.15) is 24.5 Å². The van der Waals surface area contributed by atoms with Crippen LogP contribution >= 0.6 is 11.6 Å². The molecule has 1 saturated heterocycles. The summed E-state index contributed by atoms with van der Waals surface area (Å²) in [6.07, 6.45) is 3.57. The Balaban J connectivity index is 1.48. The van der Waals surface area contributed by atoms with Gasteiger partial charge in [0.2, 0.25) is 0 Å². The number of rotatable bonds is 7. The van der Waals surface area contributed by atoms with Gasteiger partial charge in [-0.15, -0.1) is 0 Å². The number of anilines is 1. The van der Waals surface area contributed by atoms with Crippen molar-refractivity contribution < 1.29 is 9.47 Å². The Morgan fingerprint density at radius 3 is 3.04 bits per heavy atom. The fourth-order valence-electron chi connectivity index (χ4n) is 2.72. The van der Waals surface area contributed by atoms with E-state index in [1.54, 1.807) is 6.33 Å². The molecule has 1 aromatic carbocycles. The van der Waals surface area contributed by atoms with E-state index in [4.69, 9.17) is 21.1 Å². The van der Waals surface area contributed by atoms with Crippen LogP contribution in [0.5, 0.6) is 5.75 Å². The molecule has 1 aromatic heterocycles. The van der Waals surface area contributed by atoms with Gasteiger partial charge >= 0.3 is 0 Å². The van der Waals surface area contributed by atoms with Crippen LogP contribution in [-0.4, -0.2) is 43.4 Å². The number of hydrogen-bond donors (Lipinski definition) is 0. The monoisotopic (exact) mass is 347 g/mol. The van der Waals surface area contributed by atoms with Crippen LogP contribution in [0.4, 0.5) is 5.82 Å². The molecule has 24 heavy (non-hydrogen) atoms. The minimum atomic E-state index is 0.395. The summed E-state index contributed by atoms with van der Waals surface area (Å²) >= 11 is 5.95. The highest BCUT2D eigenvalue weighted by molar-refractivity contribution is 6.30. The number of benzene rings is 1. The molecule has 1 aliphatic heterocycles. The number of halogens is 1. The van der Waals surface area contributed by atoms with E-state index in [2.05, 4.69) is 20.9 Å². The molecule has 3 rings (SSSR count). The third-order valence-electron chi connectivity index (χ3n) is 4.12. The molecule has 1 atom stereocenters. The van der Waals surface area contributed by atoms with E-state index in [1.807, 2.05) is 31.3 Å². The van der Waals surface area contributed by atoms with Crippen molar-refractivity contribution in [2.45, 2.75) is 18.8 Å². The molecule has 2 heterocycles. The van der Waals surface area contributed by atoms with E-state index in [-0.39, 0.29) is 0 Å². The van der Waals surface area contributed by atoms with E-state index in [0.29, 0.717) is 17.5 Å². The van der Waals surface area contributed by atoms with Crippen LogP contribution in [0, 0.1) is 0 Å². The number of aromatic nitrogens is 2. The molecule has 6 heteroatoms. The van der Waals surface area contributed by atoms with Crippen LogP contribution in [0.15, 0.2) is 36.7 Å². The predicted molar refractivity (Wildman–Crippen MR) is 95.0 cm³/mol. The zero-order valence-electron chi connectivity index (χ0n) is 13.8. The summed E-state index contributed by atoms with van der Waals surface area (Å²) in [6.45, 7) is 3.07. The highest BCUT2D eigenvalue weighted by atomic mass is 35.5. The SMILES string of the molecule is CN(CCCOc1cccc(Cl)c1)c1cc([C@H]2CCOC2)ncn1. The molecule has 0 radical (unpaired) electrons. The Bertz CT molecular complexity index is 662. The first-order chi connectivity index (χ1) is 11.7. The zero-order valence-corrected chi connectivity index (χ0v) is 14.6. The normalized spacial score (nSPS) is 17.0. The second-order valence-corrected chi connectivity index (χ2v) is 6.38. The van der Waals surface area contributed by atoms with E-state index < -0.39 is 0 Å². The van der Waals surface area contributed by atoms with Crippen LogP contribution in [0.3, 0.4) is 0 Å². The second-order valence-electron chi connectivity index (χ2n) is 5.94. The van der Waals surface area contributed by atoms with Crippen LogP contribution in [0.2, 0.25) is 5.02 Å². The first-order valence-corrected chi connectivity index (χ1v) is 8.59. The topological polar surface area (TPSA) is 47.5 Å². The van der Waals surface area contributed by atoms with Crippen molar-refractivity contribution in [1.29, 1.82) is 0 Å². The minimum Gasteiger partial charge on any atom is -0.493 e. The lowest BCUT2D eigenvalue weighted by Crippen LogP contribution is -2.22. The third kappa shape index (κ3) is 4.58. The van der Waals surface area contributed by atoms with Gasteiger partial charge in [-0.2, -0.15) is 0 Å². The molecular formula is C18H22ClN3O2. The molecule has 0 bridgehead atoms. The maximum absolute atomic E-state index is 5.95. The van der Waals surface area contributed by atoms with E-state index in [9.17, 15) is 0 Å². The van der Waals surface area contributed by atoms with Gasteiger partial charge in [-0.25, -0.2) is 9.97 Å². The zero-order chi connectivity index (χ0) is 16.8. The largest absolute Gasteiger partial charge is 0.493 e. The summed E-state index contributed by atoms with van der Waals surface area (Å²) in [5, 5.41) is 0.689. The second kappa shape index (κ2) is 8.31. The van der Waals surface area contributed by atoms with Crippen LogP contribution < -0.4 is 9.64 Å². The lowest BCUT2D eigenvalue weighted by atomic mass is 10.0. The average Bonchev–Trinajstić information content (AvgIpc) is 3.13. The molecule has 1 aliphatic rings. The van der Waals surface area contributed by atoms with Crippen molar-refractivity contribution >= 4 is 17.4 Å². The number of ether oxygens (including phenoxy) is 2. The molecule has 0 unspecified atom stereocenters. The van der Waals surface area contributed by atoms with Gasteiger partial charge < -0.3 is 14.4 Å². The van der Waals surface area contributed by atoms with Crippen molar-refractivity contribution in [3.8, 4) is 5.75 Å². The van der Waals surface area contributed by atoms with Gasteiger partial charge in [0.05, 0.1) is 18.9 Å². The molecule has 128 valence electrons. The summed E-state index contributed by atoms with van der Waals surface area (Å²) in [4.78, 5) is 10.9. The summed E-state index contributed by atoms with van der Waals surface area (Å²) in [5.41, 5.74) is 1.07. The molecule has 0 amide bonds. The Hall–Kier alpha value is -1.85. The average molecular weight is 348 g/mol. The fraction of sp³-hybridized carbons (Fsp3) is 0.444. The maximum Gasteiger partial charge on any atom is 0.131 e. The molecule has 0 N–H and O–H groups in total. The van der Waals surface area contributed by atoms with Gasteiger partial charge in [0.15, 0.2) is 0 Å². The highest BCUT2D eigenvalue weighted by Crippen LogP contribution is 2.25. The number of hydrogen-bond acceptors (Lipinski definition) is 5. The van der Waals surface area contributed by atoms with Crippen molar-refractivity contribution in [2.75, 3.05) is 38.3 Å².